The predicted molar refractivity (Wildman–Crippen MR) is 96.2 cm³/mol. The van der Waals surface area contributed by atoms with Gasteiger partial charge in [-0.1, -0.05) is 34.6 Å². The summed E-state index contributed by atoms with van der Waals surface area (Å²) in [7, 11) is 0. The highest BCUT2D eigenvalue weighted by Crippen LogP contribution is 2.26. The van der Waals surface area contributed by atoms with Crippen molar-refractivity contribution in [2.24, 2.45) is 11.3 Å². The van der Waals surface area contributed by atoms with Crippen molar-refractivity contribution in [3.63, 3.8) is 0 Å². The highest BCUT2D eigenvalue weighted by atomic mass is 32.1. The maximum atomic E-state index is 4.40. The summed E-state index contributed by atoms with van der Waals surface area (Å²) in [6, 6.07) is 1.29. The summed E-state index contributed by atoms with van der Waals surface area (Å²) in [4.78, 5) is 6.95. The molecule has 1 unspecified atom stereocenters. The van der Waals surface area contributed by atoms with Gasteiger partial charge in [-0.25, -0.2) is 4.98 Å². The molecule has 0 saturated carbocycles. The number of rotatable bonds is 6. The third-order valence-electron chi connectivity index (χ3n) is 4.65. The van der Waals surface area contributed by atoms with Gasteiger partial charge in [-0.2, -0.15) is 0 Å². The molecule has 0 aliphatic carbocycles. The standard InChI is InChI=1S/C18H33N3S/c1-14(2)10-17(18(3,4)5)20-15-6-8-21(9-7-15)11-16-12-22-13-19-16/h12-15,17,20H,6-11H2,1-5H3. The molecule has 1 aliphatic heterocycles. The Labute approximate surface area is 140 Å². The van der Waals surface area contributed by atoms with Crippen molar-refractivity contribution < 1.29 is 0 Å². The predicted octanol–water partition coefficient (Wildman–Crippen LogP) is 4.16. The van der Waals surface area contributed by atoms with Gasteiger partial charge in [-0.3, -0.25) is 4.90 Å². The van der Waals surface area contributed by atoms with Crippen molar-refractivity contribution in [1.29, 1.82) is 0 Å². The maximum Gasteiger partial charge on any atom is 0.0795 e. The van der Waals surface area contributed by atoms with Crippen LogP contribution in [-0.4, -0.2) is 35.1 Å². The lowest BCUT2D eigenvalue weighted by Crippen LogP contribution is -2.50. The summed E-state index contributed by atoms with van der Waals surface area (Å²) in [5.74, 6) is 0.751. The van der Waals surface area contributed by atoms with E-state index in [-0.39, 0.29) is 0 Å². The second kappa shape index (κ2) is 7.89. The molecule has 126 valence electrons. The molecule has 1 aromatic heterocycles. The van der Waals surface area contributed by atoms with Gasteiger partial charge in [0.05, 0.1) is 11.2 Å². The molecule has 1 aliphatic rings. The van der Waals surface area contributed by atoms with Crippen molar-refractivity contribution in [3.05, 3.63) is 16.6 Å². The Hall–Kier alpha value is -0.450. The van der Waals surface area contributed by atoms with E-state index < -0.39 is 0 Å². The largest absolute Gasteiger partial charge is 0.311 e. The number of nitrogens with one attached hydrogen (secondary N) is 1. The zero-order chi connectivity index (χ0) is 16.2. The first-order valence-electron chi connectivity index (χ1n) is 8.70. The summed E-state index contributed by atoms with van der Waals surface area (Å²) >= 11 is 1.70. The van der Waals surface area contributed by atoms with Gasteiger partial charge in [-0.15, -0.1) is 11.3 Å². The summed E-state index contributed by atoms with van der Waals surface area (Å²) in [6.07, 6.45) is 3.78. The summed E-state index contributed by atoms with van der Waals surface area (Å²) in [6.45, 7) is 15.2. The van der Waals surface area contributed by atoms with Gasteiger partial charge in [0.25, 0.3) is 0 Å². The molecule has 0 spiro atoms. The van der Waals surface area contributed by atoms with Crippen LogP contribution in [0.3, 0.4) is 0 Å². The second-order valence-corrected chi connectivity index (χ2v) is 8.96. The third kappa shape index (κ3) is 5.64. The van der Waals surface area contributed by atoms with Crippen LogP contribution in [0.5, 0.6) is 0 Å². The topological polar surface area (TPSA) is 28.2 Å². The van der Waals surface area contributed by atoms with Crippen LogP contribution in [0.4, 0.5) is 0 Å². The van der Waals surface area contributed by atoms with Gasteiger partial charge in [0.2, 0.25) is 0 Å². The molecule has 2 heterocycles. The van der Waals surface area contributed by atoms with Crippen molar-refractivity contribution in [3.8, 4) is 0 Å². The van der Waals surface area contributed by atoms with Crippen LogP contribution >= 0.6 is 11.3 Å². The van der Waals surface area contributed by atoms with Crippen molar-refractivity contribution in [2.75, 3.05) is 13.1 Å². The van der Waals surface area contributed by atoms with E-state index >= 15 is 0 Å². The number of hydrogen-bond acceptors (Lipinski definition) is 4. The van der Waals surface area contributed by atoms with Gasteiger partial charge in [0.1, 0.15) is 0 Å². The van der Waals surface area contributed by atoms with Crippen LogP contribution < -0.4 is 5.32 Å². The Balaban J connectivity index is 1.80. The van der Waals surface area contributed by atoms with Gasteiger partial charge >= 0.3 is 0 Å². The fraction of sp³-hybridized carbons (Fsp3) is 0.833. The number of thiazole rings is 1. The van der Waals surface area contributed by atoms with Crippen LogP contribution in [0, 0.1) is 11.3 Å². The second-order valence-electron chi connectivity index (χ2n) is 8.25. The first-order valence-corrected chi connectivity index (χ1v) is 9.64. The van der Waals surface area contributed by atoms with Gasteiger partial charge in [0.15, 0.2) is 0 Å². The first-order chi connectivity index (χ1) is 10.3. The molecule has 1 saturated heterocycles. The first kappa shape index (κ1) is 17.9. The van der Waals surface area contributed by atoms with E-state index in [4.69, 9.17) is 0 Å². The van der Waals surface area contributed by atoms with E-state index in [1.807, 2.05) is 5.51 Å². The molecule has 1 fully saturated rings. The summed E-state index contributed by atoms with van der Waals surface area (Å²) in [5.41, 5.74) is 3.50. The molecule has 1 aromatic rings. The normalized spacial score (nSPS) is 19.7. The molecule has 0 radical (unpaired) electrons. The Morgan fingerprint density at radius 1 is 1.32 bits per heavy atom. The molecular weight excluding hydrogens is 290 g/mol. The van der Waals surface area contributed by atoms with Crippen LogP contribution in [-0.2, 0) is 6.54 Å². The van der Waals surface area contributed by atoms with Crippen LogP contribution in [0.1, 0.15) is 59.6 Å². The number of nitrogens with zero attached hydrogens (tertiary/aromatic N) is 2. The molecule has 2 rings (SSSR count). The highest BCUT2D eigenvalue weighted by molar-refractivity contribution is 7.07. The van der Waals surface area contributed by atoms with E-state index in [1.54, 1.807) is 11.3 Å². The minimum Gasteiger partial charge on any atom is -0.311 e. The summed E-state index contributed by atoms with van der Waals surface area (Å²) in [5, 5.41) is 6.14. The maximum absolute atomic E-state index is 4.40. The molecule has 1 N–H and O–H groups in total. The van der Waals surface area contributed by atoms with Gasteiger partial charge in [0, 0.05) is 37.1 Å². The van der Waals surface area contributed by atoms with Crippen LogP contribution in [0.15, 0.2) is 10.9 Å². The number of likely N-dealkylation sites (tertiary alicyclic amines) is 1. The Morgan fingerprint density at radius 3 is 2.50 bits per heavy atom. The fourth-order valence-electron chi connectivity index (χ4n) is 3.23. The SMILES string of the molecule is CC(C)CC(NC1CCN(Cc2cscn2)CC1)C(C)(C)C. The van der Waals surface area contributed by atoms with Gasteiger partial charge in [-0.05, 0) is 30.6 Å². The minimum atomic E-state index is 0.335. The average molecular weight is 324 g/mol. The lowest BCUT2D eigenvalue weighted by Gasteiger charge is -2.39. The Kier molecular flexibility index (Phi) is 6.42. The highest BCUT2D eigenvalue weighted by Gasteiger charge is 2.29. The van der Waals surface area contributed by atoms with Gasteiger partial charge < -0.3 is 5.32 Å². The zero-order valence-corrected chi connectivity index (χ0v) is 15.7. The van der Waals surface area contributed by atoms with Crippen molar-refractivity contribution >= 4 is 11.3 Å². The minimum absolute atomic E-state index is 0.335. The molecule has 0 amide bonds. The molecule has 1 atom stereocenters. The van der Waals surface area contributed by atoms with E-state index in [2.05, 4.69) is 55.2 Å². The molecule has 0 bridgehead atoms. The molecular formula is C18H33N3S. The number of aromatic nitrogens is 1. The molecule has 4 heteroatoms. The van der Waals surface area contributed by atoms with E-state index in [0.717, 1.165) is 12.5 Å². The lowest BCUT2D eigenvalue weighted by molar-refractivity contribution is 0.151. The van der Waals surface area contributed by atoms with Crippen LogP contribution in [0.25, 0.3) is 0 Å². The number of piperidine rings is 1. The Bertz CT molecular complexity index is 414. The third-order valence-corrected chi connectivity index (χ3v) is 5.28. The zero-order valence-electron chi connectivity index (χ0n) is 14.9. The van der Waals surface area contributed by atoms with E-state index in [0.29, 0.717) is 17.5 Å². The van der Waals surface area contributed by atoms with Crippen molar-refractivity contribution in [1.82, 2.24) is 15.2 Å². The summed E-state index contributed by atoms with van der Waals surface area (Å²) < 4.78 is 0. The Morgan fingerprint density at radius 2 is 2.00 bits per heavy atom. The van der Waals surface area contributed by atoms with Crippen LogP contribution in [0.2, 0.25) is 0 Å². The van der Waals surface area contributed by atoms with E-state index in [9.17, 15) is 0 Å². The fourth-order valence-corrected chi connectivity index (χ4v) is 3.78. The molecule has 22 heavy (non-hydrogen) atoms. The van der Waals surface area contributed by atoms with Crippen molar-refractivity contribution in [2.45, 2.75) is 72.5 Å². The van der Waals surface area contributed by atoms with E-state index in [1.165, 1.54) is 38.0 Å². The molecule has 0 aromatic carbocycles. The monoisotopic (exact) mass is 323 g/mol. The smallest absolute Gasteiger partial charge is 0.0795 e. The lowest BCUT2D eigenvalue weighted by atomic mass is 9.81. The average Bonchev–Trinajstić information content (AvgIpc) is 2.91. The molecule has 3 nitrogen and oxygen atoms in total. The number of hydrogen-bond donors (Lipinski definition) is 1. The quantitative estimate of drug-likeness (QED) is 0.852.